The van der Waals surface area contributed by atoms with Crippen LogP contribution in [0.4, 0.5) is 0 Å². The zero-order chi connectivity index (χ0) is 12.0. The molecule has 1 saturated heterocycles. The largest absolute Gasteiger partial charge is 0.393 e. The van der Waals surface area contributed by atoms with Gasteiger partial charge in [0.2, 0.25) is 0 Å². The zero-order valence-corrected chi connectivity index (χ0v) is 9.91. The van der Waals surface area contributed by atoms with Crippen LogP contribution in [0.5, 0.6) is 0 Å². The molecule has 0 aromatic rings. The standard InChI is InChI=1S/C15H14O3/c16-14-12-7-3-4-8(13(12)15(17)18-14)11-9(5-10(7)11)6-1-2-6/h3-8,10-13H,1-2H2. The van der Waals surface area contributed by atoms with Gasteiger partial charge in [0.1, 0.15) is 0 Å². The topological polar surface area (TPSA) is 43.4 Å². The Hall–Kier alpha value is -1.38. The van der Waals surface area contributed by atoms with Crippen molar-refractivity contribution >= 4 is 11.9 Å². The average Bonchev–Trinajstić information content (AvgIpc) is 3.07. The average molecular weight is 242 g/mol. The van der Waals surface area contributed by atoms with Crippen LogP contribution in [0.25, 0.3) is 0 Å². The van der Waals surface area contributed by atoms with E-state index in [-0.39, 0.29) is 35.6 Å². The molecule has 2 saturated carbocycles. The number of rotatable bonds is 1. The monoisotopic (exact) mass is 242 g/mol. The van der Waals surface area contributed by atoms with E-state index >= 15 is 0 Å². The highest BCUT2D eigenvalue weighted by Crippen LogP contribution is 2.64. The van der Waals surface area contributed by atoms with Crippen LogP contribution in [0.2, 0.25) is 0 Å². The van der Waals surface area contributed by atoms with E-state index in [1.807, 2.05) is 0 Å². The van der Waals surface area contributed by atoms with E-state index in [0.29, 0.717) is 11.8 Å². The fourth-order valence-electron chi connectivity index (χ4n) is 4.72. The lowest BCUT2D eigenvalue weighted by molar-refractivity contribution is -0.154. The summed E-state index contributed by atoms with van der Waals surface area (Å²) < 4.78 is 4.88. The molecule has 6 aliphatic rings. The maximum absolute atomic E-state index is 11.9. The number of hydrogen-bond acceptors (Lipinski definition) is 3. The highest BCUT2D eigenvalue weighted by Gasteiger charge is 2.64. The summed E-state index contributed by atoms with van der Waals surface area (Å²) in [7, 11) is 0. The summed E-state index contributed by atoms with van der Waals surface area (Å²) in [5.74, 6) is 1.33. The Balaban J connectivity index is 1.61. The number of carbonyl (C=O) groups excluding carboxylic acids is 2. The third kappa shape index (κ3) is 0.909. The normalized spacial score (nSPS) is 51.4. The van der Waals surface area contributed by atoms with E-state index in [1.165, 1.54) is 12.8 Å². The molecule has 5 aliphatic carbocycles. The van der Waals surface area contributed by atoms with Gasteiger partial charge in [-0.1, -0.05) is 23.8 Å². The van der Waals surface area contributed by atoms with E-state index in [4.69, 9.17) is 4.74 Å². The predicted octanol–water partition coefficient (Wildman–Crippen LogP) is 1.70. The van der Waals surface area contributed by atoms with Crippen molar-refractivity contribution in [3.05, 3.63) is 23.8 Å². The second-order valence-corrected chi connectivity index (χ2v) is 6.38. The molecule has 0 aromatic carbocycles. The smallest absolute Gasteiger partial charge is 0.318 e. The Bertz CT molecular complexity index is 540. The Labute approximate surface area is 105 Å². The second kappa shape index (κ2) is 2.79. The molecule has 0 spiro atoms. The zero-order valence-electron chi connectivity index (χ0n) is 9.91. The Kier molecular flexibility index (Phi) is 1.48. The molecule has 0 N–H and O–H groups in total. The number of carbonyl (C=O) groups is 2. The van der Waals surface area contributed by atoms with Gasteiger partial charge in [0.05, 0.1) is 11.8 Å². The van der Waals surface area contributed by atoms with Gasteiger partial charge in [0, 0.05) is 0 Å². The minimum Gasteiger partial charge on any atom is -0.393 e. The summed E-state index contributed by atoms with van der Waals surface area (Å²) in [6.45, 7) is 0. The molecule has 0 radical (unpaired) electrons. The summed E-state index contributed by atoms with van der Waals surface area (Å²) in [6, 6.07) is 0. The van der Waals surface area contributed by atoms with Crippen molar-refractivity contribution in [3.8, 4) is 0 Å². The summed E-state index contributed by atoms with van der Waals surface area (Å²) in [4.78, 5) is 23.7. The lowest BCUT2D eigenvalue weighted by Crippen LogP contribution is -2.53. The van der Waals surface area contributed by atoms with Crippen molar-refractivity contribution < 1.29 is 14.3 Å². The van der Waals surface area contributed by atoms with Crippen molar-refractivity contribution in [2.24, 2.45) is 41.4 Å². The van der Waals surface area contributed by atoms with Crippen LogP contribution in [-0.2, 0) is 14.3 Å². The molecule has 3 heteroatoms. The number of esters is 2. The number of ether oxygens (including phenoxy) is 1. The molecular weight excluding hydrogens is 228 g/mol. The Morgan fingerprint density at radius 2 is 1.56 bits per heavy atom. The molecule has 3 fully saturated rings. The number of allylic oxidation sites excluding steroid dienone is 4. The molecule has 1 heterocycles. The van der Waals surface area contributed by atoms with Crippen molar-refractivity contribution in [2.75, 3.05) is 0 Å². The highest BCUT2D eigenvalue weighted by molar-refractivity contribution is 5.98. The summed E-state index contributed by atoms with van der Waals surface area (Å²) in [5, 5.41) is 0. The van der Waals surface area contributed by atoms with E-state index < -0.39 is 0 Å². The molecule has 2 bridgehead atoms. The summed E-state index contributed by atoms with van der Waals surface area (Å²) in [5.41, 5.74) is 1.57. The Morgan fingerprint density at radius 3 is 2.28 bits per heavy atom. The van der Waals surface area contributed by atoms with Gasteiger partial charge in [0.15, 0.2) is 0 Å². The first-order valence-electron chi connectivity index (χ1n) is 6.91. The number of hydrogen-bond donors (Lipinski definition) is 0. The van der Waals surface area contributed by atoms with Crippen LogP contribution in [0.15, 0.2) is 23.8 Å². The van der Waals surface area contributed by atoms with Gasteiger partial charge >= 0.3 is 11.9 Å². The van der Waals surface area contributed by atoms with Crippen molar-refractivity contribution in [2.45, 2.75) is 12.8 Å². The molecule has 6 atom stereocenters. The lowest BCUT2D eigenvalue weighted by atomic mass is 9.47. The van der Waals surface area contributed by atoms with Gasteiger partial charge in [0.25, 0.3) is 0 Å². The minimum absolute atomic E-state index is 0.184. The molecule has 0 aromatic heterocycles. The minimum atomic E-state index is -0.281. The van der Waals surface area contributed by atoms with Gasteiger partial charge in [-0.3, -0.25) is 9.59 Å². The van der Waals surface area contributed by atoms with Crippen LogP contribution in [0, 0.1) is 41.4 Å². The Morgan fingerprint density at radius 1 is 0.889 bits per heavy atom. The predicted molar refractivity (Wildman–Crippen MR) is 62.0 cm³/mol. The van der Waals surface area contributed by atoms with Gasteiger partial charge in [-0.2, -0.15) is 0 Å². The van der Waals surface area contributed by atoms with Crippen LogP contribution in [0.1, 0.15) is 12.8 Å². The molecule has 6 unspecified atom stereocenters. The summed E-state index contributed by atoms with van der Waals surface area (Å²) >= 11 is 0. The quantitative estimate of drug-likeness (QED) is 0.399. The second-order valence-electron chi connectivity index (χ2n) is 6.38. The van der Waals surface area contributed by atoms with E-state index in [2.05, 4.69) is 18.2 Å². The van der Waals surface area contributed by atoms with E-state index in [9.17, 15) is 9.59 Å². The SMILES string of the molecule is O=C1OC(=O)C2C3C=CC(C4C=C(C5CC5)C43)C12. The molecule has 0 amide bonds. The fourth-order valence-corrected chi connectivity index (χ4v) is 4.72. The van der Waals surface area contributed by atoms with Crippen molar-refractivity contribution in [1.29, 1.82) is 0 Å². The maximum Gasteiger partial charge on any atom is 0.318 e. The van der Waals surface area contributed by atoms with E-state index in [0.717, 1.165) is 5.92 Å². The van der Waals surface area contributed by atoms with Gasteiger partial charge in [-0.15, -0.1) is 0 Å². The lowest BCUT2D eigenvalue weighted by Gasteiger charge is -2.54. The first kappa shape index (κ1) is 9.54. The third-order valence-electron chi connectivity index (χ3n) is 5.61. The van der Waals surface area contributed by atoms with Crippen LogP contribution < -0.4 is 0 Å². The third-order valence-corrected chi connectivity index (χ3v) is 5.61. The van der Waals surface area contributed by atoms with Crippen LogP contribution in [-0.4, -0.2) is 11.9 Å². The van der Waals surface area contributed by atoms with Crippen LogP contribution in [0.3, 0.4) is 0 Å². The van der Waals surface area contributed by atoms with E-state index in [1.54, 1.807) is 5.57 Å². The molecule has 92 valence electrons. The van der Waals surface area contributed by atoms with Gasteiger partial charge in [-0.05, 0) is 42.4 Å². The van der Waals surface area contributed by atoms with Crippen molar-refractivity contribution in [1.82, 2.24) is 0 Å². The fraction of sp³-hybridized carbons (Fsp3) is 0.600. The van der Waals surface area contributed by atoms with Gasteiger partial charge in [-0.25, -0.2) is 0 Å². The molecule has 18 heavy (non-hydrogen) atoms. The molecule has 6 rings (SSSR count). The maximum atomic E-state index is 11.9. The van der Waals surface area contributed by atoms with Crippen molar-refractivity contribution in [3.63, 3.8) is 0 Å². The molecular formula is C15H14O3. The summed E-state index contributed by atoms with van der Waals surface area (Å²) in [6.07, 6.45) is 9.35. The number of cyclic esters (lactones) is 2. The molecule has 3 nitrogen and oxygen atoms in total. The highest BCUT2D eigenvalue weighted by atomic mass is 16.6. The first-order valence-corrected chi connectivity index (χ1v) is 6.91. The molecule has 1 aliphatic heterocycles. The van der Waals surface area contributed by atoms with Crippen LogP contribution >= 0.6 is 0 Å². The van der Waals surface area contributed by atoms with Gasteiger partial charge < -0.3 is 4.74 Å². The first-order chi connectivity index (χ1) is 8.75.